The van der Waals surface area contributed by atoms with Crippen molar-refractivity contribution in [1.29, 1.82) is 0 Å². The van der Waals surface area contributed by atoms with Crippen molar-refractivity contribution >= 4 is 0 Å². The summed E-state index contributed by atoms with van der Waals surface area (Å²) in [5.74, 6) is 0.00730. The lowest BCUT2D eigenvalue weighted by Gasteiger charge is -2.51. The predicted octanol–water partition coefficient (Wildman–Crippen LogP) is -1.49. The highest BCUT2D eigenvalue weighted by molar-refractivity contribution is 5.12. The van der Waals surface area contributed by atoms with Gasteiger partial charge in [0, 0.05) is 11.8 Å². The smallest absolute Gasteiger partial charge is 0.187 e. The van der Waals surface area contributed by atoms with Gasteiger partial charge in [0.1, 0.15) is 24.4 Å². The lowest BCUT2D eigenvalue weighted by atomic mass is 9.59. The molecule has 9 heteroatoms. The van der Waals surface area contributed by atoms with E-state index in [1.165, 1.54) is 0 Å². The Morgan fingerprint density at radius 3 is 2.39 bits per heavy atom. The molecule has 2 aliphatic heterocycles. The zero-order valence-electron chi connectivity index (χ0n) is 16.6. The van der Waals surface area contributed by atoms with Crippen LogP contribution in [0.1, 0.15) is 40.0 Å². The number of rotatable bonds is 6. The Kier molecular flexibility index (Phi) is 6.42. The maximum Gasteiger partial charge on any atom is 0.187 e. The van der Waals surface area contributed by atoms with E-state index in [2.05, 4.69) is 0 Å². The van der Waals surface area contributed by atoms with E-state index in [1.54, 1.807) is 6.92 Å². The lowest BCUT2D eigenvalue weighted by molar-refractivity contribution is -0.331. The first-order valence-electron chi connectivity index (χ1n) is 9.99. The minimum atomic E-state index is -1.54. The Morgan fingerprint density at radius 1 is 1.11 bits per heavy atom. The van der Waals surface area contributed by atoms with Crippen molar-refractivity contribution in [3.05, 3.63) is 0 Å². The molecule has 3 fully saturated rings. The van der Waals surface area contributed by atoms with Crippen molar-refractivity contribution in [3.8, 4) is 0 Å². The summed E-state index contributed by atoms with van der Waals surface area (Å²) in [7, 11) is 0. The Morgan fingerprint density at radius 2 is 1.79 bits per heavy atom. The summed E-state index contributed by atoms with van der Waals surface area (Å²) in [5.41, 5.74) is -1.14. The van der Waals surface area contributed by atoms with Gasteiger partial charge in [-0.15, -0.1) is 0 Å². The molecule has 28 heavy (non-hydrogen) atoms. The predicted molar refractivity (Wildman–Crippen MR) is 96.1 cm³/mol. The SMILES string of the molecule is C[C@@H](O)CCC1[C@@]2(C)C[C@@H](O)[C@H](O[C@@H]3O[C@H](CO)[C@@H](O)[C@H](O)[C@H]3O)[C@]1(C)CO2. The fourth-order valence-corrected chi connectivity index (χ4v) is 5.28. The van der Waals surface area contributed by atoms with Crippen LogP contribution in [0.4, 0.5) is 0 Å². The standard InChI is InChI=1S/C19H34O9/c1-9(21)4-5-12-18(2)8-26-19(12,3)6-10(22)16(18)28-17-15(25)14(24)13(23)11(7-20)27-17/h9-17,20-25H,4-8H2,1-3H3/t9-,10-,11-,12?,13-,14+,15-,16+,17+,18-,19-/m1/s1. The van der Waals surface area contributed by atoms with Gasteiger partial charge in [0.2, 0.25) is 0 Å². The van der Waals surface area contributed by atoms with Crippen molar-refractivity contribution < 1.29 is 44.8 Å². The molecule has 0 amide bonds. The first-order valence-corrected chi connectivity index (χ1v) is 9.99. The highest BCUT2D eigenvalue weighted by atomic mass is 16.7. The molecule has 0 radical (unpaired) electrons. The topological polar surface area (TPSA) is 149 Å². The van der Waals surface area contributed by atoms with Crippen molar-refractivity contribution in [2.75, 3.05) is 13.2 Å². The average Bonchev–Trinajstić information content (AvgIpc) is 2.82. The maximum atomic E-state index is 10.8. The Labute approximate surface area is 164 Å². The Bertz CT molecular complexity index is 543. The summed E-state index contributed by atoms with van der Waals surface area (Å²) >= 11 is 0. The van der Waals surface area contributed by atoms with Crippen LogP contribution in [0, 0.1) is 11.3 Å². The van der Waals surface area contributed by atoms with Crippen LogP contribution >= 0.6 is 0 Å². The molecule has 2 saturated heterocycles. The summed E-state index contributed by atoms with van der Waals surface area (Å²) in [6.45, 7) is 5.42. The molecule has 0 aromatic carbocycles. The summed E-state index contributed by atoms with van der Waals surface area (Å²) in [6, 6.07) is 0. The second kappa shape index (κ2) is 8.05. The number of hydrogen-bond acceptors (Lipinski definition) is 9. The molecule has 1 unspecified atom stereocenters. The molecule has 3 aliphatic rings. The van der Waals surface area contributed by atoms with Crippen molar-refractivity contribution in [2.24, 2.45) is 11.3 Å². The van der Waals surface area contributed by atoms with Gasteiger partial charge in [-0.1, -0.05) is 6.92 Å². The third kappa shape index (κ3) is 3.73. The third-order valence-electron chi connectivity index (χ3n) is 6.86. The van der Waals surface area contributed by atoms with Gasteiger partial charge in [-0.05, 0) is 32.6 Å². The highest BCUT2D eigenvalue weighted by Crippen LogP contribution is 2.57. The minimum Gasteiger partial charge on any atom is -0.394 e. The van der Waals surface area contributed by atoms with E-state index < -0.39 is 66.6 Å². The molecular weight excluding hydrogens is 372 g/mol. The van der Waals surface area contributed by atoms with Gasteiger partial charge in [-0.25, -0.2) is 0 Å². The molecule has 3 rings (SSSR count). The zero-order chi connectivity index (χ0) is 20.9. The molecule has 2 bridgehead atoms. The van der Waals surface area contributed by atoms with Crippen molar-refractivity contribution in [2.45, 2.75) is 94.7 Å². The fraction of sp³-hybridized carbons (Fsp3) is 1.00. The molecule has 164 valence electrons. The van der Waals surface area contributed by atoms with Crippen molar-refractivity contribution in [1.82, 2.24) is 0 Å². The molecule has 2 heterocycles. The van der Waals surface area contributed by atoms with Gasteiger partial charge in [0.15, 0.2) is 6.29 Å². The second-order valence-electron chi connectivity index (χ2n) is 9.11. The normalized spacial score (nSPS) is 52.6. The van der Waals surface area contributed by atoms with Crippen LogP contribution in [-0.4, -0.2) is 98.5 Å². The van der Waals surface area contributed by atoms with Crippen LogP contribution in [0.2, 0.25) is 0 Å². The van der Waals surface area contributed by atoms with Crippen LogP contribution in [0.3, 0.4) is 0 Å². The van der Waals surface area contributed by atoms with Crippen LogP contribution in [0.15, 0.2) is 0 Å². The number of aliphatic hydroxyl groups is 6. The van der Waals surface area contributed by atoms with E-state index in [9.17, 15) is 30.6 Å². The number of aliphatic hydroxyl groups excluding tert-OH is 6. The summed E-state index contributed by atoms with van der Waals surface area (Å²) in [4.78, 5) is 0. The van der Waals surface area contributed by atoms with Gasteiger partial charge in [0.05, 0.1) is 37.1 Å². The lowest BCUT2D eigenvalue weighted by Crippen LogP contribution is -2.63. The molecule has 1 saturated carbocycles. The molecule has 0 spiro atoms. The monoisotopic (exact) mass is 406 g/mol. The van der Waals surface area contributed by atoms with Gasteiger partial charge >= 0.3 is 0 Å². The first-order chi connectivity index (χ1) is 13.0. The number of hydrogen-bond donors (Lipinski definition) is 6. The molecule has 0 aromatic heterocycles. The Hall–Kier alpha value is -0.360. The number of ether oxygens (including phenoxy) is 3. The van der Waals surface area contributed by atoms with Gasteiger partial charge in [-0.3, -0.25) is 0 Å². The fourth-order valence-electron chi connectivity index (χ4n) is 5.28. The largest absolute Gasteiger partial charge is 0.394 e. The highest BCUT2D eigenvalue weighted by Gasteiger charge is 2.64. The zero-order valence-corrected chi connectivity index (χ0v) is 16.6. The van der Waals surface area contributed by atoms with E-state index in [-0.39, 0.29) is 5.92 Å². The molecule has 6 N–H and O–H groups in total. The number of fused-ring (bicyclic) bond motifs is 2. The molecule has 11 atom stereocenters. The van der Waals surface area contributed by atoms with Crippen LogP contribution in [-0.2, 0) is 14.2 Å². The molecule has 1 aliphatic carbocycles. The van der Waals surface area contributed by atoms with Gasteiger partial charge < -0.3 is 44.8 Å². The van der Waals surface area contributed by atoms with Gasteiger partial charge in [0.25, 0.3) is 0 Å². The first kappa shape index (κ1) is 22.3. The third-order valence-corrected chi connectivity index (χ3v) is 6.86. The van der Waals surface area contributed by atoms with Crippen LogP contribution in [0.5, 0.6) is 0 Å². The maximum absolute atomic E-state index is 10.8. The summed E-state index contributed by atoms with van der Waals surface area (Å²) < 4.78 is 17.5. The Balaban J connectivity index is 1.80. The van der Waals surface area contributed by atoms with E-state index >= 15 is 0 Å². The van der Waals surface area contributed by atoms with E-state index in [1.807, 2.05) is 13.8 Å². The summed E-state index contributed by atoms with van der Waals surface area (Å²) in [5, 5.41) is 60.1. The molecule has 0 aromatic rings. The van der Waals surface area contributed by atoms with E-state index in [4.69, 9.17) is 14.2 Å². The van der Waals surface area contributed by atoms with Crippen LogP contribution in [0.25, 0.3) is 0 Å². The quantitative estimate of drug-likeness (QED) is 0.310. The molecule has 9 nitrogen and oxygen atoms in total. The second-order valence-corrected chi connectivity index (χ2v) is 9.11. The van der Waals surface area contributed by atoms with E-state index in [0.717, 1.165) is 0 Å². The summed E-state index contributed by atoms with van der Waals surface area (Å²) in [6.07, 6.45) is -7.41. The van der Waals surface area contributed by atoms with Crippen molar-refractivity contribution in [3.63, 3.8) is 0 Å². The van der Waals surface area contributed by atoms with E-state index in [0.29, 0.717) is 25.9 Å². The van der Waals surface area contributed by atoms with Crippen LogP contribution < -0.4 is 0 Å². The molecular formula is C19H34O9. The van der Waals surface area contributed by atoms with Gasteiger partial charge in [-0.2, -0.15) is 0 Å². The average molecular weight is 406 g/mol. The minimum absolute atomic E-state index is 0.00730.